The fourth-order valence-corrected chi connectivity index (χ4v) is 4.68. The van der Waals surface area contributed by atoms with Gasteiger partial charge in [0.15, 0.2) is 0 Å². The van der Waals surface area contributed by atoms with Crippen LogP contribution in [0.3, 0.4) is 0 Å². The molecule has 3 heteroatoms. The molecule has 0 aromatic carbocycles. The maximum absolute atomic E-state index is 13.6. The van der Waals surface area contributed by atoms with Crippen LogP contribution >= 0.6 is 0 Å². The molecule has 0 radical (unpaired) electrons. The van der Waals surface area contributed by atoms with Gasteiger partial charge in [0.2, 0.25) is 0 Å². The quantitative estimate of drug-likeness (QED) is 0.478. The average molecular weight is 287 g/mol. The first kappa shape index (κ1) is 19.9. The van der Waals surface area contributed by atoms with Gasteiger partial charge >= 0.3 is 0 Å². The van der Waals surface area contributed by atoms with Crippen LogP contribution in [0.4, 0.5) is 0 Å². The second-order valence-electron chi connectivity index (χ2n) is 6.57. The minimum atomic E-state index is 0. The van der Waals surface area contributed by atoms with E-state index < -0.39 is 0 Å². The first-order chi connectivity index (χ1) is 9.10. The van der Waals surface area contributed by atoms with Crippen LogP contribution in [0.5, 0.6) is 0 Å². The standard InChI is InChI=1S/C17H35NO.H3N/c1-5-10-16-11-9-15-18(19,14-8-4)17(16,12-6-2)13-7-3;/h16H,5-15H2,1-4H3;1H3. The van der Waals surface area contributed by atoms with Crippen molar-refractivity contribution in [2.24, 2.45) is 5.92 Å². The van der Waals surface area contributed by atoms with Gasteiger partial charge in [0.1, 0.15) is 5.54 Å². The lowest BCUT2D eigenvalue weighted by Crippen LogP contribution is -2.67. The normalized spacial score (nSPS) is 28.9. The third-order valence-corrected chi connectivity index (χ3v) is 5.23. The molecule has 1 aliphatic rings. The van der Waals surface area contributed by atoms with Crippen LogP contribution in [0.15, 0.2) is 0 Å². The summed E-state index contributed by atoms with van der Waals surface area (Å²) in [6.07, 6.45) is 10.5. The number of quaternary nitrogens is 1. The zero-order chi connectivity index (χ0) is 14.4. The molecule has 0 saturated carbocycles. The Morgan fingerprint density at radius 3 is 2.05 bits per heavy atom. The molecule has 20 heavy (non-hydrogen) atoms. The lowest BCUT2D eigenvalue weighted by molar-refractivity contribution is -0.944. The van der Waals surface area contributed by atoms with Gasteiger partial charge in [-0.15, -0.1) is 0 Å². The predicted molar refractivity (Wildman–Crippen MR) is 88.9 cm³/mol. The smallest absolute Gasteiger partial charge is 0.102 e. The summed E-state index contributed by atoms with van der Waals surface area (Å²) in [5.41, 5.74) is 0.0355. The molecule has 122 valence electrons. The fourth-order valence-electron chi connectivity index (χ4n) is 4.68. The SMILES string of the molecule is CCCC1CCC[N+]([O-])(CCC)C1(CCC)CCC.N. The highest BCUT2D eigenvalue weighted by atomic mass is 16.6. The van der Waals surface area contributed by atoms with E-state index in [-0.39, 0.29) is 16.3 Å². The van der Waals surface area contributed by atoms with Crippen molar-refractivity contribution in [3.8, 4) is 0 Å². The Labute approximate surface area is 126 Å². The molecule has 0 bridgehead atoms. The summed E-state index contributed by atoms with van der Waals surface area (Å²) in [6, 6.07) is 0. The van der Waals surface area contributed by atoms with Crippen molar-refractivity contribution in [3.05, 3.63) is 5.21 Å². The first-order valence-electron chi connectivity index (χ1n) is 8.68. The monoisotopic (exact) mass is 286 g/mol. The van der Waals surface area contributed by atoms with Gasteiger partial charge in [0.05, 0.1) is 13.1 Å². The van der Waals surface area contributed by atoms with Gasteiger partial charge in [-0.2, -0.15) is 0 Å². The third-order valence-electron chi connectivity index (χ3n) is 5.23. The molecule has 1 aliphatic heterocycles. The van der Waals surface area contributed by atoms with Crippen molar-refractivity contribution in [2.45, 2.75) is 91.0 Å². The number of hydrogen-bond acceptors (Lipinski definition) is 2. The number of hydrogen-bond donors (Lipinski definition) is 1. The summed E-state index contributed by atoms with van der Waals surface area (Å²) in [7, 11) is 0. The topological polar surface area (TPSA) is 58.1 Å². The summed E-state index contributed by atoms with van der Waals surface area (Å²) in [5.74, 6) is 0.662. The van der Waals surface area contributed by atoms with E-state index in [1.807, 2.05) is 0 Å². The summed E-state index contributed by atoms with van der Waals surface area (Å²) in [4.78, 5) is 0. The van der Waals surface area contributed by atoms with E-state index >= 15 is 0 Å². The van der Waals surface area contributed by atoms with E-state index in [2.05, 4.69) is 27.7 Å². The van der Waals surface area contributed by atoms with Crippen molar-refractivity contribution < 1.29 is 4.65 Å². The van der Waals surface area contributed by atoms with Gasteiger partial charge in [0.25, 0.3) is 0 Å². The molecule has 1 fully saturated rings. The molecule has 0 spiro atoms. The number of nitrogens with zero attached hydrogens (tertiary/aromatic N) is 1. The van der Waals surface area contributed by atoms with Gasteiger partial charge in [0, 0.05) is 18.8 Å². The molecule has 3 nitrogen and oxygen atoms in total. The number of likely N-dealkylation sites (tertiary alicyclic amines) is 1. The fraction of sp³-hybridized carbons (Fsp3) is 1.00. The zero-order valence-corrected chi connectivity index (χ0v) is 14.4. The van der Waals surface area contributed by atoms with Crippen molar-refractivity contribution in [3.63, 3.8) is 0 Å². The molecule has 0 amide bonds. The summed E-state index contributed by atoms with van der Waals surface area (Å²) in [6.45, 7) is 10.7. The van der Waals surface area contributed by atoms with E-state index in [9.17, 15) is 5.21 Å². The molecule has 0 aromatic heterocycles. The van der Waals surface area contributed by atoms with E-state index in [0.29, 0.717) is 5.92 Å². The third kappa shape index (κ3) is 3.75. The molecular weight excluding hydrogens is 248 g/mol. The number of piperidine rings is 1. The van der Waals surface area contributed by atoms with Gasteiger partial charge < -0.3 is 16.0 Å². The molecule has 1 saturated heterocycles. The second-order valence-corrected chi connectivity index (χ2v) is 6.57. The van der Waals surface area contributed by atoms with Crippen LogP contribution < -0.4 is 6.15 Å². The molecule has 1 rings (SSSR count). The number of hydroxylamine groups is 3. The van der Waals surface area contributed by atoms with Gasteiger partial charge in [-0.05, 0) is 25.7 Å². The van der Waals surface area contributed by atoms with Crippen LogP contribution in [-0.4, -0.2) is 23.3 Å². The Kier molecular flexibility index (Phi) is 8.96. The minimum Gasteiger partial charge on any atom is -0.632 e. The highest BCUT2D eigenvalue weighted by Gasteiger charge is 2.51. The van der Waals surface area contributed by atoms with Gasteiger partial charge in [-0.1, -0.05) is 47.0 Å². The van der Waals surface area contributed by atoms with E-state index in [1.54, 1.807) is 0 Å². The zero-order valence-electron chi connectivity index (χ0n) is 14.4. The average Bonchev–Trinajstić information content (AvgIpc) is 2.36. The highest BCUT2D eigenvalue weighted by molar-refractivity contribution is 4.92. The van der Waals surface area contributed by atoms with Crippen LogP contribution in [0.25, 0.3) is 0 Å². The van der Waals surface area contributed by atoms with Gasteiger partial charge in [-0.25, -0.2) is 0 Å². The Morgan fingerprint density at radius 2 is 1.60 bits per heavy atom. The lowest BCUT2D eigenvalue weighted by Gasteiger charge is -2.63. The maximum Gasteiger partial charge on any atom is 0.102 e. The Balaban J connectivity index is 0.00000361. The molecule has 0 aliphatic carbocycles. The summed E-state index contributed by atoms with van der Waals surface area (Å²) in [5, 5.41) is 13.6. The second kappa shape index (κ2) is 9.01. The van der Waals surface area contributed by atoms with Crippen molar-refractivity contribution in [1.82, 2.24) is 6.15 Å². The molecule has 2 unspecified atom stereocenters. The van der Waals surface area contributed by atoms with E-state index in [0.717, 1.165) is 51.6 Å². The van der Waals surface area contributed by atoms with Crippen molar-refractivity contribution in [2.75, 3.05) is 13.1 Å². The Hall–Kier alpha value is -0.120. The molecule has 1 heterocycles. The van der Waals surface area contributed by atoms with Crippen LogP contribution in [-0.2, 0) is 0 Å². The van der Waals surface area contributed by atoms with Crippen LogP contribution in [0, 0.1) is 11.1 Å². The molecule has 0 aromatic rings. The highest BCUT2D eigenvalue weighted by Crippen LogP contribution is 2.47. The van der Waals surface area contributed by atoms with Crippen LogP contribution in [0.1, 0.15) is 85.5 Å². The number of rotatable bonds is 8. The molecule has 2 atom stereocenters. The summed E-state index contributed by atoms with van der Waals surface area (Å²) >= 11 is 0. The summed E-state index contributed by atoms with van der Waals surface area (Å²) < 4.78 is 0.121. The van der Waals surface area contributed by atoms with Crippen molar-refractivity contribution >= 4 is 0 Å². The largest absolute Gasteiger partial charge is 0.632 e. The Morgan fingerprint density at radius 1 is 1.00 bits per heavy atom. The minimum absolute atomic E-state index is 0. The predicted octanol–water partition coefficient (Wildman–Crippen LogP) is 5.42. The Bertz CT molecular complexity index is 245. The van der Waals surface area contributed by atoms with E-state index in [4.69, 9.17) is 0 Å². The van der Waals surface area contributed by atoms with Crippen molar-refractivity contribution in [1.29, 1.82) is 0 Å². The molecule has 3 N–H and O–H groups in total. The van der Waals surface area contributed by atoms with E-state index in [1.165, 1.54) is 19.3 Å². The molecular formula is C17H38N2O. The maximum atomic E-state index is 13.6. The van der Waals surface area contributed by atoms with Gasteiger partial charge in [-0.3, -0.25) is 0 Å². The van der Waals surface area contributed by atoms with Crippen LogP contribution in [0.2, 0.25) is 0 Å². The lowest BCUT2D eigenvalue weighted by atomic mass is 9.68. The first-order valence-corrected chi connectivity index (χ1v) is 8.68.